The Morgan fingerprint density at radius 2 is 2.05 bits per heavy atom. The van der Waals surface area contributed by atoms with Crippen LogP contribution in [0.5, 0.6) is 0 Å². The van der Waals surface area contributed by atoms with Gasteiger partial charge < -0.3 is 5.73 Å². The summed E-state index contributed by atoms with van der Waals surface area (Å²) in [6.45, 7) is 6.13. The second-order valence-electron chi connectivity index (χ2n) is 5.55. The third kappa shape index (κ3) is 3.16. The fraction of sp³-hybridized carbons (Fsp3) is 0.385. The number of sulfone groups is 1. The van der Waals surface area contributed by atoms with E-state index in [0.717, 1.165) is 5.69 Å². The second kappa shape index (κ2) is 5.14. The van der Waals surface area contributed by atoms with Gasteiger partial charge in [0, 0.05) is 17.0 Å². The molecule has 0 unspecified atom stereocenters. The number of hydrogen-bond donors (Lipinski definition) is 1. The molecular formula is C13H17N3O2S2. The van der Waals surface area contributed by atoms with Crippen LogP contribution in [0.3, 0.4) is 0 Å². The molecule has 2 aromatic rings. The summed E-state index contributed by atoms with van der Waals surface area (Å²) in [6, 6.07) is 1.42. The lowest BCUT2D eigenvalue weighted by molar-refractivity contribution is 0.570. The standard InChI is InChI=1S/C13H17N3O2S2/c1-13(2,3)11-7-19-12(16-11)8-20(17,18)10-4-5-15-6-9(10)14/h4-7H,8,14H2,1-3H3. The average Bonchev–Trinajstić information content (AvgIpc) is 2.76. The number of aromatic nitrogens is 2. The molecule has 0 fully saturated rings. The molecule has 108 valence electrons. The van der Waals surface area contributed by atoms with E-state index in [1.54, 1.807) is 0 Å². The summed E-state index contributed by atoms with van der Waals surface area (Å²) in [4.78, 5) is 8.32. The van der Waals surface area contributed by atoms with E-state index < -0.39 is 9.84 Å². The molecule has 2 N–H and O–H groups in total. The van der Waals surface area contributed by atoms with Crippen LogP contribution in [-0.4, -0.2) is 18.4 Å². The van der Waals surface area contributed by atoms with Crippen LogP contribution in [0.1, 0.15) is 31.5 Å². The molecule has 0 saturated heterocycles. The van der Waals surface area contributed by atoms with Crippen LogP contribution < -0.4 is 5.73 Å². The number of nitrogens with two attached hydrogens (primary N) is 1. The van der Waals surface area contributed by atoms with Gasteiger partial charge in [-0.25, -0.2) is 13.4 Å². The van der Waals surface area contributed by atoms with Crippen LogP contribution in [0.4, 0.5) is 5.69 Å². The molecule has 0 spiro atoms. The molecule has 0 bridgehead atoms. The van der Waals surface area contributed by atoms with Gasteiger partial charge in [0.2, 0.25) is 0 Å². The number of nitrogen functional groups attached to an aromatic ring is 1. The Labute approximate surface area is 122 Å². The van der Waals surface area contributed by atoms with Crippen molar-refractivity contribution in [3.8, 4) is 0 Å². The molecule has 0 atom stereocenters. The van der Waals surface area contributed by atoms with Crippen molar-refractivity contribution in [1.82, 2.24) is 9.97 Å². The van der Waals surface area contributed by atoms with E-state index in [2.05, 4.69) is 9.97 Å². The molecule has 0 aliphatic heterocycles. The minimum Gasteiger partial charge on any atom is -0.396 e. The van der Waals surface area contributed by atoms with Crippen LogP contribution >= 0.6 is 11.3 Å². The highest BCUT2D eigenvalue weighted by Gasteiger charge is 2.22. The Balaban J connectivity index is 2.30. The van der Waals surface area contributed by atoms with Gasteiger partial charge in [0.15, 0.2) is 9.84 Å². The first-order valence-electron chi connectivity index (χ1n) is 6.07. The van der Waals surface area contributed by atoms with Gasteiger partial charge in [0.05, 0.1) is 22.5 Å². The Bertz CT molecular complexity index is 715. The molecule has 0 aliphatic carbocycles. The van der Waals surface area contributed by atoms with Gasteiger partial charge in [-0.2, -0.15) is 0 Å². The summed E-state index contributed by atoms with van der Waals surface area (Å²) in [6.07, 6.45) is 2.76. The maximum Gasteiger partial charge on any atom is 0.187 e. The first kappa shape index (κ1) is 14.9. The fourth-order valence-electron chi connectivity index (χ4n) is 1.64. The van der Waals surface area contributed by atoms with Crippen molar-refractivity contribution in [2.75, 3.05) is 5.73 Å². The molecule has 7 heteroatoms. The zero-order valence-electron chi connectivity index (χ0n) is 11.6. The van der Waals surface area contributed by atoms with Gasteiger partial charge in [-0.15, -0.1) is 11.3 Å². The minimum absolute atomic E-state index is 0.0891. The average molecular weight is 311 g/mol. The van der Waals surface area contributed by atoms with E-state index in [1.165, 1.54) is 29.8 Å². The number of hydrogen-bond acceptors (Lipinski definition) is 6. The lowest BCUT2D eigenvalue weighted by Gasteiger charge is -2.14. The van der Waals surface area contributed by atoms with Gasteiger partial charge in [0.25, 0.3) is 0 Å². The van der Waals surface area contributed by atoms with Gasteiger partial charge in [-0.3, -0.25) is 4.98 Å². The van der Waals surface area contributed by atoms with E-state index in [1.807, 2.05) is 26.2 Å². The first-order chi connectivity index (χ1) is 9.20. The van der Waals surface area contributed by atoms with Gasteiger partial charge >= 0.3 is 0 Å². The Morgan fingerprint density at radius 3 is 2.60 bits per heavy atom. The number of anilines is 1. The van der Waals surface area contributed by atoms with Crippen molar-refractivity contribution in [2.45, 2.75) is 36.8 Å². The van der Waals surface area contributed by atoms with Crippen molar-refractivity contribution in [3.05, 3.63) is 34.5 Å². The predicted octanol–water partition coefficient (Wildman–Crippen LogP) is 2.39. The van der Waals surface area contributed by atoms with Crippen LogP contribution in [0, 0.1) is 0 Å². The van der Waals surface area contributed by atoms with E-state index >= 15 is 0 Å². The monoisotopic (exact) mass is 311 g/mol. The number of thiazole rings is 1. The molecule has 0 aliphatic rings. The Kier molecular flexibility index (Phi) is 3.84. The largest absolute Gasteiger partial charge is 0.396 e. The lowest BCUT2D eigenvalue weighted by Crippen LogP contribution is -2.12. The molecule has 0 saturated carbocycles. The van der Waals surface area contributed by atoms with Crippen molar-refractivity contribution in [1.29, 1.82) is 0 Å². The summed E-state index contributed by atoms with van der Waals surface area (Å²) in [5.74, 6) is -0.137. The topological polar surface area (TPSA) is 85.9 Å². The van der Waals surface area contributed by atoms with Crippen LogP contribution in [-0.2, 0) is 21.0 Å². The third-order valence-corrected chi connectivity index (χ3v) is 5.51. The van der Waals surface area contributed by atoms with E-state index in [4.69, 9.17) is 5.73 Å². The van der Waals surface area contributed by atoms with Gasteiger partial charge in [0.1, 0.15) is 10.8 Å². The van der Waals surface area contributed by atoms with Crippen LogP contribution in [0.25, 0.3) is 0 Å². The summed E-state index contributed by atoms with van der Waals surface area (Å²) < 4.78 is 24.7. The van der Waals surface area contributed by atoms with E-state index in [0.29, 0.717) is 5.01 Å². The molecule has 2 rings (SSSR count). The summed E-state index contributed by atoms with van der Waals surface area (Å²) in [7, 11) is -3.49. The number of pyridine rings is 1. The lowest BCUT2D eigenvalue weighted by atomic mass is 9.93. The van der Waals surface area contributed by atoms with E-state index in [-0.39, 0.29) is 21.8 Å². The first-order valence-corrected chi connectivity index (χ1v) is 8.60. The zero-order chi connectivity index (χ0) is 15.0. The second-order valence-corrected chi connectivity index (χ2v) is 8.45. The predicted molar refractivity (Wildman–Crippen MR) is 80.4 cm³/mol. The highest BCUT2D eigenvalue weighted by molar-refractivity contribution is 7.91. The van der Waals surface area contributed by atoms with Crippen LogP contribution in [0.15, 0.2) is 28.7 Å². The summed E-state index contributed by atoms with van der Waals surface area (Å²) in [5, 5.41) is 2.48. The van der Waals surface area contributed by atoms with Crippen molar-refractivity contribution >= 4 is 26.9 Å². The normalized spacial score (nSPS) is 12.6. The molecule has 0 aromatic carbocycles. The van der Waals surface area contributed by atoms with E-state index in [9.17, 15) is 8.42 Å². The fourth-order valence-corrected chi connectivity index (χ4v) is 4.41. The highest BCUT2D eigenvalue weighted by atomic mass is 32.2. The molecular weight excluding hydrogens is 294 g/mol. The maximum absolute atomic E-state index is 12.3. The molecule has 2 heterocycles. The van der Waals surface area contributed by atoms with Crippen molar-refractivity contribution in [2.24, 2.45) is 0 Å². The Morgan fingerprint density at radius 1 is 1.35 bits per heavy atom. The third-order valence-electron chi connectivity index (χ3n) is 2.78. The minimum atomic E-state index is -3.49. The van der Waals surface area contributed by atoms with Gasteiger partial charge in [-0.1, -0.05) is 20.8 Å². The molecule has 0 radical (unpaired) electrons. The van der Waals surface area contributed by atoms with Crippen LogP contribution in [0.2, 0.25) is 0 Å². The zero-order valence-corrected chi connectivity index (χ0v) is 13.3. The molecule has 0 amide bonds. The number of nitrogens with zero attached hydrogens (tertiary/aromatic N) is 2. The molecule has 5 nitrogen and oxygen atoms in total. The summed E-state index contributed by atoms with van der Waals surface area (Å²) in [5.41, 5.74) is 6.65. The maximum atomic E-state index is 12.3. The highest BCUT2D eigenvalue weighted by Crippen LogP contribution is 2.27. The quantitative estimate of drug-likeness (QED) is 0.940. The SMILES string of the molecule is CC(C)(C)c1csc(CS(=O)(=O)c2ccncc2N)n1. The summed E-state index contributed by atoms with van der Waals surface area (Å²) >= 11 is 1.36. The smallest absolute Gasteiger partial charge is 0.187 e. The van der Waals surface area contributed by atoms with Gasteiger partial charge in [-0.05, 0) is 6.07 Å². The Hall–Kier alpha value is -1.47. The number of rotatable bonds is 3. The van der Waals surface area contributed by atoms with Crippen molar-refractivity contribution in [3.63, 3.8) is 0 Å². The molecule has 2 aromatic heterocycles. The molecule has 20 heavy (non-hydrogen) atoms. The van der Waals surface area contributed by atoms with Crippen molar-refractivity contribution < 1.29 is 8.42 Å².